The summed E-state index contributed by atoms with van der Waals surface area (Å²) in [6.07, 6.45) is 2.40. The van der Waals surface area contributed by atoms with E-state index < -0.39 is 21.9 Å². The summed E-state index contributed by atoms with van der Waals surface area (Å²) in [6, 6.07) is 1.33. The van der Waals surface area contributed by atoms with Crippen LogP contribution in [0.15, 0.2) is 16.3 Å². The van der Waals surface area contributed by atoms with Gasteiger partial charge in [0.25, 0.3) is 15.9 Å². The van der Waals surface area contributed by atoms with E-state index in [0.717, 1.165) is 34.6 Å². The number of rotatable bonds is 5. The van der Waals surface area contributed by atoms with Gasteiger partial charge in [0, 0.05) is 4.88 Å². The number of amides is 1. The highest BCUT2D eigenvalue weighted by molar-refractivity contribution is 7.93. The number of esters is 1. The number of hydrogen-bond donors (Lipinski definition) is 2. The van der Waals surface area contributed by atoms with Crippen molar-refractivity contribution in [1.29, 1.82) is 0 Å². The number of sulfonamides is 1. The second-order valence-corrected chi connectivity index (χ2v) is 9.80. The average Bonchev–Trinajstić information content (AvgIpc) is 3.17. The lowest BCUT2D eigenvalue weighted by Gasteiger charge is -2.18. The van der Waals surface area contributed by atoms with Crippen LogP contribution in [0, 0.1) is 5.92 Å². The fourth-order valence-electron chi connectivity index (χ4n) is 3.01. The first kappa shape index (κ1) is 18.9. The van der Waals surface area contributed by atoms with Crippen LogP contribution in [-0.2, 0) is 27.6 Å². The second-order valence-electron chi connectivity index (χ2n) is 6.13. The van der Waals surface area contributed by atoms with Crippen molar-refractivity contribution in [3.8, 4) is 0 Å². The number of nitrogens with two attached hydrogens (primary N) is 1. The Morgan fingerprint density at radius 3 is 2.77 bits per heavy atom. The van der Waals surface area contributed by atoms with Crippen LogP contribution in [0.2, 0.25) is 0 Å². The van der Waals surface area contributed by atoms with E-state index in [9.17, 15) is 18.0 Å². The Balaban J connectivity index is 2.02. The van der Waals surface area contributed by atoms with Gasteiger partial charge in [-0.25, -0.2) is 13.2 Å². The molecule has 0 aromatic carbocycles. The van der Waals surface area contributed by atoms with Crippen LogP contribution in [-0.4, -0.2) is 27.4 Å². The molecule has 0 fully saturated rings. The molecule has 140 valence electrons. The minimum absolute atomic E-state index is 0.0180. The van der Waals surface area contributed by atoms with Crippen LogP contribution in [0.5, 0.6) is 0 Å². The minimum atomic E-state index is -4.06. The zero-order valence-corrected chi connectivity index (χ0v) is 16.6. The molecule has 1 aliphatic rings. The van der Waals surface area contributed by atoms with Crippen molar-refractivity contribution >= 4 is 49.6 Å². The van der Waals surface area contributed by atoms with Gasteiger partial charge in [-0.15, -0.1) is 22.7 Å². The molecule has 0 saturated carbocycles. The Hall–Kier alpha value is -1.91. The Kier molecular flexibility index (Phi) is 5.09. The van der Waals surface area contributed by atoms with Crippen molar-refractivity contribution < 1.29 is 22.7 Å². The van der Waals surface area contributed by atoms with Gasteiger partial charge in [-0.3, -0.25) is 9.52 Å². The third kappa shape index (κ3) is 3.36. The Morgan fingerprint density at radius 1 is 1.38 bits per heavy atom. The first-order valence-electron chi connectivity index (χ1n) is 7.87. The number of anilines is 1. The standard InChI is InChI=1S/C16H18N2O5S3/c1-8-3-4-9-10(7-8)25-15(12(9)14(17)19)18-26(21,22)11-5-6-24-13(11)16(20)23-2/h5-6,8,18H,3-4,7H2,1-2H3,(H2,17,19). The zero-order valence-electron chi connectivity index (χ0n) is 14.2. The molecule has 1 atom stereocenters. The molecule has 2 aromatic rings. The first-order chi connectivity index (χ1) is 12.2. The Labute approximate surface area is 159 Å². The normalized spacial score (nSPS) is 16.8. The van der Waals surface area contributed by atoms with E-state index in [1.807, 2.05) is 0 Å². The van der Waals surface area contributed by atoms with Crippen molar-refractivity contribution in [2.75, 3.05) is 11.8 Å². The maximum Gasteiger partial charge on any atom is 0.349 e. The van der Waals surface area contributed by atoms with Crippen molar-refractivity contribution in [2.24, 2.45) is 11.7 Å². The van der Waals surface area contributed by atoms with Crippen molar-refractivity contribution in [3.05, 3.63) is 32.3 Å². The molecule has 0 spiro atoms. The predicted octanol–water partition coefficient (Wildman–Crippen LogP) is 2.62. The van der Waals surface area contributed by atoms with Crippen molar-refractivity contribution in [1.82, 2.24) is 0 Å². The number of carbonyl (C=O) groups is 2. The zero-order chi connectivity index (χ0) is 19.1. The molecule has 26 heavy (non-hydrogen) atoms. The number of methoxy groups -OCH3 is 1. The quantitative estimate of drug-likeness (QED) is 0.730. The van der Waals surface area contributed by atoms with E-state index in [-0.39, 0.29) is 20.3 Å². The van der Waals surface area contributed by atoms with E-state index in [1.54, 1.807) is 0 Å². The van der Waals surface area contributed by atoms with E-state index in [4.69, 9.17) is 5.73 Å². The maximum absolute atomic E-state index is 12.8. The summed E-state index contributed by atoms with van der Waals surface area (Å²) in [5, 5.41) is 1.70. The lowest BCUT2D eigenvalue weighted by Crippen LogP contribution is -2.20. The van der Waals surface area contributed by atoms with E-state index in [2.05, 4.69) is 16.4 Å². The van der Waals surface area contributed by atoms with Gasteiger partial charge in [-0.05, 0) is 42.2 Å². The Bertz CT molecular complexity index is 974. The second kappa shape index (κ2) is 7.01. The molecule has 7 nitrogen and oxygen atoms in total. The summed E-state index contributed by atoms with van der Waals surface area (Å²) >= 11 is 2.21. The molecular formula is C16H18N2O5S3. The molecule has 10 heteroatoms. The van der Waals surface area contributed by atoms with Crippen LogP contribution in [0.25, 0.3) is 0 Å². The molecule has 0 bridgehead atoms. The fourth-order valence-corrected chi connectivity index (χ4v) is 7.07. The third-order valence-corrected chi connectivity index (χ3v) is 7.99. The van der Waals surface area contributed by atoms with Gasteiger partial charge in [-0.1, -0.05) is 6.92 Å². The summed E-state index contributed by atoms with van der Waals surface area (Å²) < 4.78 is 32.7. The summed E-state index contributed by atoms with van der Waals surface area (Å²) in [5.74, 6) is -0.919. The van der Waals surface area contributed by atoms with Crippen LogP contribution in [0.3, 0.4) is 0 Å². The number of thiophene rings is 2. The SMILES string of the molecule is COC(=O)c1sccc1S(=O)(=O)Nc1sc2c(c1C(N)=O)CCC(C)C2. The van der Waals surface area contributed by atoms with Gasteiger partial charge in [-0.2, -0.15) is 0 Å². The van der Waals surface area contributed by atoms with Crippen LogP contribution >= 0.6 is 22.7 Å². The molecule has 0 saturated heterocycles. The van der Waals surface area contributed by atoms with Gasteiger partial charge in [0.05, 0.1) is 12.7 Å². The summed E-state index contributed by atoms with van der Waals surface area (Å²) in [4.78, 5) is 24.5. The predicted molar refractivity (Wildman–Crippen MR) is 100 cm³/mol. The first-order valence-corrected chi connectivity index (χ1v) is 11.1. The number of carbonyl (C=O) groups excluding carboxylic acids is 2. The lowest BCUT2D eigenvalue weighted by atomic mass is 9.88. The molecule has 2 heterocycles. The smallest absolute Gasteiger partial charge is 0.349 e. The number of fused-ring (bicyclic) bond motifs is 1. The average molecular weight is 415 g/mol. The van der Waals surface area contributed by atoms with Crippen molar-refractivity contribution in [2.45, 2.75) is 31.1 Å². The van der Waals surface area contributed by atoms with Gasteiger partial charge in [0.1, 0.15) is 14.8 Å². The highest BCUT2D eigenvalue weighted by Crippen LogP contribution is 2.40. The molecular weight excluding hydrogens is 396 g/mol. The molecule has 3 N–H and O–H groups in total. The van der Waals surface area contributed by atoms with E-state index in [0.29, 0.717) is 12.3 Å². The molecule has 1 aliphatic carbocycles. The highest BCUT2D eigenvalue weighted by atomic mass is 32.2. The summed E-state index contributed by atoms with van der Waals surface area (Å²) in [5.41, 5.74) is 6.58. The molecule has 2 aromatic heterocycles. The van der Waals surface area contributed by atoms with Crippen LogP contribution in [0.4, 0.5) is 5.00 Å². The van der Waals surface area contributed by atoms with Gasteiger partial charge in [0.15, 0.2) is 0 Å². The number of hydrogen-bond acceptors (Lipinski definition) is 7. The van der Waals surface area contributed by atoms with Gasteiger partial charge >= 0.3 is 5.97 Å². The fraction of sp³-hybridized carbons (Fsp3) is 0.375. The summed E-state index contributed by atoms with van der Waals surface area (Å²) in [6.45, 7) is 2.12. The molecule has 0 aliphatic heterocycles. The molecule has 1 amide bonds. The minimum Gasteiger partial charge on any atom is -0.465 e. The van der Waals surface area contributed by atoms with E-state index in [1.165, 1.54) is 29.9 Å². The molecule has 0 radical (unpaired) electrons. The molecule has 3 rings (SSSR count). The van der Waals surface area contributed by atoms with Gasteiger partial charge in [0.2, 0.25) is 0 Å². The third-order valence-electron chi connectivity index (χ3n) is 4.27. The number of ether oxygens (including phenoxy) is 1. The number of primary amides is 1. The van der Waals surface area contributed by atoms with E-state index >= 15 is 0 Å². The topological polar surface area (TPSA) is 116 Å². The largest absolute Gasteiger partial charge is 0.465 e. The highest BCUT2D eigenvalue weighted by Gasteiger charge is 2.30. The lowest BCUT2D eigenvalue weighted by molar-refractivity contribution is 0.0602. The maximum atomic E-state index is 12.8. The summed E-state index contributed by atoms with van der Waals surface area (Å²) in [7, 11) is -2.88. The van der Waals surface area contributed by atoms with Gasteiger partial charge < -0.3 is 10.5 Å². The monoisotopic (exact) mass is 414 g/mol. The molecule has 1 unspecified atom stereocenters. The Morgan fingerprint density at radius 2 is 2.12 bits per heavy atom. The van der Waals surface area contributed by atoms with Crippen molar-refractivity contribution in [3.63, 3.8) is 0 Å². The van der Waals surface area contributed by atoms with Crippen LogP contribution in [0.1, 0.15) is 43.8 Å². The number of nitrogens with one attached hydrogen (secondary N) is 1. The van der Waals surface area contributed by atoms with Crippen LogP contribution < -0.4 is 10.5 Å².